The van der Waals surface area contributed by atoms with Crippen LogP contribution in [-0.2, 0) is 9.59 Å². The highest BCUT2D eigenvalue weighted by atomic mass is 16.3. The molecule has 1 aliphatic heterocycles. The molecule has 3 aliphatic carbocycles. The Morgan fingerprint density at radius 1 is 0.607 bits per heavy atom. The van der Waals surface area contributed by atoms with Gasteiger partial charge in [0.05, 0.1) is 17.5 Å². The summed E-state index contributed by atoms with van der Waals surface area (Å²) in [4.78, 5) is 28.3. The Labute approximate surface area is 162 Å². The predicted molar refractivity (Wildman–Crippen MR) is 104 cm³/mol. The van der Waals surface area contributed by atoms with Crippen molar-refractivity contribution in [1.82, 2.24) is 0 Å². The minimum atomic E-state index is -0.379. The van der Waals surface area contributed by atoms with Crippen molar-refractivity contribution in [3.63, 3.8) is 0 Å². The van der Waals surface area contributed by atoms with Gasteiger partial charge >= 0.3 is 0 Å². The zero-order chi connectivity index (χ0) is 19.0. The molecule has 28 heavy (non-hydrogen) atoms. The van der Waals surface area contributed by atoms with Crippen molar-refractivity contribution in [2.24, 2.45) is 11.8 Å². The largest absolute Gasteiger partial charge is 0.508 e. The second-order valence-corrected chi connectivity index (χ2v) is 7.79. The first-order chi connectivity index (χ1) is 13.7. The van der Waals surface area contributed by atoms with E-state index >= 15 is 0 Å². The van der Waals surface area contributed by atoms with Crippen molar-refractivity contribution in [1.29, 1.82) is 0 Å². The maximum absolute atomic E-state index is 13.5. The van der Waals surface area contributed by atoms with Crippen LogP contribution in [0, 0.1) is 11.8 Å². The lowest BCUT2D eigenvalue weighted by atomic mass is 9.55. The maximum atomic E-state index is 13.5. The monoisotopic (exact) mass is 367 g/mol. The Kier molecular flexibility index (Phi) is 2.97. The molecule has 7 rings (SSSR count). The third-order valence-electron chi connectivity index (χ3n) is 6.56. The molecule has 136 valence electrons. The zero-order valence-corrected chi connectivity index (χ0v) is 14.9. The molecule has 0 saturated carbocycles. The molecule has 4 aliphatic rings. The minimum Gasteiger partial charge on any atom is -0.508 e. The number of anilines is 1. The van der Waals surface area contributed by atoms with E-state index in [0.29, 0.717) is 5.69 Å². The lowest BCUT2D eigenvalue weighted by Gasteiger charge is -2.45. The number of carbonyl (C=O) groups excluding carboxylic acids is 2. The Balaban J connectivity index is 1.57. The number of rotatable bonds is 1. The molecule has 2 bridgehead atoms. The molecule has 2 amide bonds. The molecule has 2 atom stereocenters. The summed E-state index contributed by atoms with van der Waals surface area (Å²) < 4.78 is 0. The first-order valence-electron chi connectivity index (χ1n) is 9.51. The fraction of sp³-hybridized carbons (Fsp3) is 0.167. The molecule has 0 unspecified atom stereocenters. The molecule has 0 aromatic heterocycles. The summed E-state index contributed by atoms with van der Waals surface area (Å²) in [5.41, 5.74) is 5.19. The highest BCUT2D eigenvalue weighted by molar-refractivity contribution is 6.23. The molecule has 1 N–H and O–H groups in total. The number of phenolic OH excluding ortho intramolecular Hbond substituents is 1. The zero-order valence-electron chi connectivity index (χ0n) is 14.9. The maximum Gasteiger partial charge on any atom is 0.238 e. The Morgan fingerprint density at radius 3 is 1.39 bits per heavy atom. The lowest BCUT2D eigenvalue weighted by Crippen LogP contribution is -2.41. The second-order valence-electron chi connectivity index (χ2n) is 7.79. The first kappa shape index (κ1) is 15.6. The number of hydrogen-bond acceptors (Lipinski definition) is 3. The van der Waals surface area contributed by atoms with Crippen molar-refractivity contribution in [2.75, 3.05) is 4.90 Å². The Bertz CT molecular complexity index is 1040. The summed E-state index contributed by atoms with van der Waals surface area (Å²) in [5, 5.41) is 9.58. The van der Waals surface area contributed by atoms with Gasteiger partial charge in [0.15, 0.2) is 0 Å². The average molecular weight is 367 g/mol. The molecule has 3 aromatic carbocycles. The number of benzene rings is 3. The summed E-state index contributed by atoms with van der Waals surface area (Å²) in [6.45, 7) is 0. The van der Waals surface area contributed by atoms with Crippen LogP contribution in [0.3, 0.4) is 0 Å². The van der Waals surface area contributed by atoms with E-state index in [1.165, 1.54) is 39.3 Å². The van der Waals surface area contributed by atoms with Gasteiger partial charge in [0.1, 0.15) is 5.75 Å². The molecule has 0 spiro atoms. The van der Waals surface area contributed by atoms with Crippen molar-refractivity contribution < 1.29 is 14.7 Å². The standard InChI is InChI=1S/C24H17NO3/c26-14-11-9-13(10-12-14)25-23(27)21-19-15-5-1-2-6-16(15)20(22(21)24(25)28)18-8-4-3-7-17(18)19/h1-12,19-22,26H/t19?,20?,21-,22+. The number of hydrogen-bond donors (Lipinski definition) is 1. The van der Waals surface area contributed by atoms with Gasteiger partial charge in [-0.1, -0.05) is 48.5 Å². The van der Waals surface area contributed by atoms with Crippen molar-refractivity contribution in [3.8, 4) is 5.75 Å². The van der Waals surface area contributed by atoms with Crippen molar-refractivity contribution >= 4 is 17.5 Å². The first-order valence-corrected chi connectivity index (χ1v) is 9.51. The normalized spacial score (nSPS) is 26.8. The van der Waals surface area contributed by atoms with Crippen LogP contribution in [-0.4, -0.2) is 16.9 Å². The van der Waals surface area contributed by atoms with Gasteiger partial charge in [-0.15, -0.1) is 0 Å². The van der Waals surface area contributed by atoms with E-state index in [9.17, 15) is 14.7 Å². The van der Waals surface area contributed by atoms with Gasteiger partial charge in [0.25, 0.3) is 0 Å². The fourth-order valence-electron chi connectivity index (χ4n) is 5.53. The van der Waals surface area contributed by atoms with E-state index in [1.807, 2.05) is 24.3 Å². The SMILES string of the molecule is O=C1[C@@H]2C3c4ccccc4C(c4ccccc43)[C@@H]2C(=O)N1c1ccc(O)cc1. The van der Waals surface area contributed by atoms with E-state index in [1.54, 1.807) is 12.1 Å². The highest BCUT2D eigenvalue weighted by Crippen LogP contribution is 2.61. The van der Waals surface area contributed by atoms with Crippen LogP contribution in [0.2, 0.25) is 0 Å². The molecule has 1 fully saturated rings. The molecular formula is C24H17NO3. The summed E-state index contributed by atoms with van der Waals surface area (Å²) in [6, 6.07) is 22.7. The van der Waals surface area contributed by atoms with E-state index in [-0.39, 0.29) is 41.2 Å². The molecule has 3 aromatic rings. The van der Waals surface area contributed by atoms with Gasteiger partial charge in [-0.3, -0.25) is 9.59 Å². The summed E-state index contributed by atoms with van der Waals surface area (Å²) >= 11 is 0. The smallest absolute Gasteiger partial charge is 0.238 e. The van der Waals surface area contributed by atoms with Gasteiger partial charge in [-0.2, -0.15) is 0 Å². The molecule has 0 radical (unpaired) electrons. The Hall–Kier alpha value is -3.40. The summed E-state index contributed by atoms with van der Waals surface area (Å²) in [5.74, 6) is -1.12. The molecule has 4 heteroatoms. The lowest BCUT2D eigenvalue weighted by molar-refractivity contribution is -0.122. The van der Waals surface area contributed by atoms with Gasteiger partial charge < -0.3 is 5.11 Å². The average Bonchev–Trinajstić information content (AvgIpc) is 3.00. The van der Waals surface area contributed by atoms with E-state index in [2.05, 4.69) is 24.3 Å². The second kappa shape index (κ2) is 5.32. The van der Waals surface area contributed by atoms with Crippen LogP contribution >= 0.6 is 0 Å². The molecule has 1 saturated heterocycles. The summed E-state index contributed by atoms with van der Waals surface area (Å²) in [7, 11) is 0. The molecule has 1 heterocycles. The van der Waals surface area contributed by atoms with Crippen LogP contribution in [0.15, 0.2) is 72.8 Å². The van der Waals surface area contributed by atoms with E-state index in [0.717, 1.165) is 0 Å². The third kappa shape index (κ3) is 1.80. The molecular weight excluding hydrogens is 350 g/mol. The van der Waals surface area contributed by atoms with Gasteiger partial charge in [0, 0.05) is 11.8 Å². The minimum absolute atomic E-state index is 0.0963. The van der Waals surface area contributed by atoms with Crippen molar-refractivity contribution in [2.45, 2.75) is 11.8 Å². The Morgan fingerprint density at radius 2 is 1.00 bits per heavy atom. The highest BCUT2D eigenvalue weighted by Gasteiger charge is 2.61. The number of nitrogens with zero attached hydrogens (tertiary/aromatic N) is 1. The topological polar surface area (TPSA) is 57.6 Å². The van der Waals surface area contributed by atoms with Crippen molar-refractivity contribution in [3.05, 3.63) is 95.1 Å². The van der Waals surface area contributed by atoms with Crippen LogP contribution in [0.4, 0.5) is 5.69 Å². The number of amides is 2. The third-order valence-corrected chi connectivity index (χ3v) is 6.56. The van der Waals surface area contributed by atoms with Crippen LogP contribution in [0.5, 0.6) is 5.75 Å². The van der Waals surface area contributed by atoms with Crippen LogP contribution in [0.1, 0.15) is 34.1 Å². The van der Waals surface area contributed by atoms with Crippen LogP contribution < -0.4 is 4.90 Å². The predicted octanol–water partition coefficient (Wildman–Crippen LogP) is 3.79. The number of imide groups is 1. The fourth-order valence-corrected chi connectivity index (χ4v) is 5.53. The molecule has 4 nitrogen and oxygen atoms in total. The van der Waals surface area contributed by atoms with E-state index in [4.69, 9.17) is 0 Å². The summed E-state index contributed by atoms with van der Waals surface area (Å²) in [6.07, 6.45) is 0. The number of carbonyl (C=O) groups is 2. The number of aromatic hydroxyl groups is 1. The van der Waals surface area contributed by atoms with Gasteiger partial charge in [0.2, 0.25) is 11.8 Å². The van der Waals surface area contributed by atoms with Crippen LogP contribution in [0.25, 0.3) is 0 Å². The number of phenols is 1. The van der Waals surface area contributed by atoms with Gasteiger partial charge in [-0.25, -0.2) is 4.90 Å². The van der Waals surface area contributed by atoms with E-state index < -0.39 is 0 Å². The quantitative estimate of drug-likeness (QED) is 0.666. The van der Waals surface area contributed by atoms with Gasteiger partial charge in [-0.05, 0) is 46.5 Å².